The average molecular weight is 289 g/mol. The Kier molecular flexibility index (Phi) is 4.27. The molecule has 1 atom stereocenters. The first-order chi connectivity index (χ1) is 9.99. The molecule has 0 bridgehead atoms. The minimum absolute atomic E-state index is 0.202. The van der Waals surface area contributed by atoms with Crippen LogP contribution < -0.4 is 5.32 Å². The van der Waals surface area contributed by atoms with E-state index in [1.807, 2.05) is 0 Å². The number of benzene rings is 1. The van der Waals surface area contributed by atoms with E-state index in [0.29, 0.717) is 11.3 Å². The lowest BCUT2D eigenvalue weighted by Gasteiger charge is -2.17. The summed E-state index contributed by atoms with van der Waals surface area (Å²) in [7, 11) is 0. The molecule has 1 aromatic carbocycles. The van der Waals surface area contributed by atoms with Crippen LogP contribution in [0.2, 0.25) is 0 Å². The van der Waals surface area contributed by atoms with Crippen LogP contribution in [0, 0.1) is 5.92 Å². The molecule has 2 rings (SSSR count). The molecule has 0 saturated heterocycles. The number of rotatable bonds is 5. The van der Waals surface area contributed by atoms with E-state index >= 15 is 0 Å². The van der Waals surface area contributed by atoms with E-state index in [4.69, 9.17) is 5.11 Å². The van der Waals surface area contributed by atoms with Crippen molar-refractivity contribution in [3.8, 4) is 5.69 Å². The number of nitrogens with one attached hydrogen (secondary N) is 1. The van der Waals surface area contributed by atoms with Gasteiger partial charge in [0.1, 0.15) is 12.4 Å². The molecule has 0 radical (unpaired) electrons. The minimum atomic E-state index is -1.05. The van der Waals surface area contributed by atoms with Crippen molar-refractivity contribution in [2.45, 2.75) is 19.9 Å². The first kappa shape index (κ1) is 14.6. The minimum Gasteiger partial charge on any atom is -0.480 e. The fourth-order valence-electron chi connectivity index (χ4n) is 1.78. The van der Waals surface area contributed by atoms with Crippen LogP contribution in [0.5, 0.6) is 0 Å². The molecule has 2 N–H and O–H groups in total. The number of carboxylic acid groups (broad SMARTS) is 1. The molecular weight excluding hydrogens is 274 g/mol. The van der Waals surface area contributed by atoms with Gasteiger partial charge in [0.05, 0.1) is 5.69 Å². The van der Waals surface area contributed by atoms with Gasteiger partial charge in [-0.05, 0) is 40.6 Å². The van der Waals surface area contributed by atoms with Crippen LogP contribution in [0.25, 0.3) is 5.69 Å². The highest BCUT2D eigenvalue weighted by molar-refractivity contribution is 5.96. The summed E-state index contributed by atoms with van der Waals surface area (Å²) in [5.74, 6) is -1.69. The molecule has 1 heterocycles. The normalized spacial score (nSPS) is 12.1. The molecular formula is C13H15N5O3. The number of aliphatic carboxylic acids is 1. The number of carbonyl (C=O) groups excluding carboxylic acids is 1. The molecule has 0 fully saturated rings. The number of carboxylic acids is 1. The molecule has 0 saturated carbocycles. The molecule has 8 nitrogen and oxygen atoms in total. The Morgan fingerprint density at radius 3 is 2.38 bits per heavy atom. The van der Waals surface area contributed by atoms with Gasteiger partial charge in [0.2, 0.25) is 0 Å². The van der Waals surface area contributed by atoms with E-state index in [9.17, 15) is 9.59 Å². The maximum Gasteiger partial charge on any atom is 0.326 e. The maximum atomic E-state index is 12.0. The van der Waals surface area contributed by atoms with Crippen molar-refractivity contribution in [1.29, 1.82) is 0 Å². The van der Waals surface area contributed by atoms with E-state index in [2.05, 4.69) is 20.8 Å². The zero-order valence-corrected chi connectivity index (χ0v) is 11.6. The number of tetrazole rings is 1. The largest absolute Gasteiger partial charge is 0.480 e. The predicted octanol–water partition coefficient (Wildman–Crippen LogP) is 0.501. The molecule has 0 spiro atoms. The lowest BCUT2D eigenvalue weighted by Crippen LogP contribution is -2.44. The first-order valence-corrected chi connectivity index (χ1v) is 6.36. The summed E-state index contributed by atoms with van der Waals surface area (Å²) in [6.45, 7) is 3.47. The first-order valence-electron chi connectivity index (χ1n) is 6.36. The van der Waals surface area contributed by atoms with Crippen molar-refractivity contribution in [3.05, 3.63) is 36.2 Å². The van der Waals surface area contributed by atoms with Gasteiger partial charge in [-0.1, -0.05) is 13.8 Å². The molecule has 0 aliphatic heterocycles. The van der Waals surface area contributed by atoms with Gasteiger partial charge in [-0.2, -0.15) is 0 Å². The Bertz CT molecular complexity index is 622. The molecule has 0 aliphatic rings. The second kappa shape index (κ2) is 6.12. The Morgan fingerprint density at radius 1 is 1.24 bits per heavy atom. The van der Waals surface area contributed by atoms with Gasteiger partial charge in [-0.15, -0.1) is 5.10 Å². The number of amides is 1. The Labute approximate surface area is 120 Å². The molecule has 0 unspecified atom stereocenters. The number of nitrogens with zero attached hydrogens (tertiary/aromatic N) is 4. The number of hydrogen-bond acceptors (Lipinski definition) is 5. The molecule has 2 aromatic rings. The van der Waals surface area contributed by atoms with Gasteiger partial charge >= 0.3 is 5.97 Å². The van der Waals surface area contributed by atoms with Crippen molar-refractivity contribution < 1.29 is 14.7 Å². The Morgan fingerprint density at radius 2 is 1.90 bits per heavy atom. The van der Waals surface area contributed by atoms with Crippen LogP contribution in [0.3, 0.4) is 0 Å². The summed E-state index contributed by atoms with van der Waals surface area (Å²) >= 11 is 0. The molecule has 0 aliphatic carbocycles. The monoisotopic (exact) mass is 289 g/mol. The van der Waals surface area contributed by atoms with E-state index in [1.165, 1.54) is 11.0 Å². The van der Waals surface area contributed by atoms with Gasteiger partial charge in [-0.3, -0.25) is 4.79 Å². The highest BCUT2D eigenvalue weighted by atomic mass is 16.4. The van der Waals surface area contributed by atoms with Gasteiger partial charge in [0.15, 0.2) is 0 Å². The third-order valence-electron chi connectivity index (χ3n) is 2.96. The second-order valence-corrected chi connectivity index (χ2v) is 4.83. The molecule has 1 amide bonds. The SMILES string of the molecule is CC(C)[C@H](NC(=O)c1ccc(-n2cnnn2)cc1)C(=O)O. The van der Waals surface area contributed by atoms with Gasteiger partial charge in [-0.25, -0.2) is 9.48 Å². The Hall–Kier alpha value is -2.77. The molecule has 1 aromatic heterocycles. The smallest absolute Gasteiger partial charge is 0.326 e. The topological polar surface area (TPSA) is 110 Å². The van der Waals surface area contributed by atoms with Crippen molar-refractivity contribution in [1.82, 2.24) is 25.5 Å². The van der Waals surface area contributed by atoms with E-state index < -0.39 is 17.9 Å². The van der Waals surface area contributed by atoms with Crippen molar-refractivity contribution >= 4 is 11.9 Å². The van der Waals surface area contributed by atoms with Crippen molar-refractivity contribution in [2.75, 3.05) is 0 Å². The summed E-state index contributed by atoms with van der Waals surface area (Å²) < 4.78 is 1.45. The maximum absolute atomic E-state index is 12.0. The molecule has 110 valence electrons. The van der Waals surface area contributed by atoms with Gasteiger partial charge < -0.3 is 10.4 Å². The van der Waals surface area contributed by atoms with Gasteiger partial charge in [0.25, 0.3) is 5.91 Å². The Balaban J connectivity index is 2.11. The van der Waals surface area contributed by atoms with Crippen LogP contribution in [-0.4, -0.2) is 43.2 Å². The van der Waals surface area contributed by atoms with Crippen LogP contribution in [0.4, 0.5) is 0 Å². The van der Waals surface area contributed by atoms with Crippen molar-refractivity contribution in [2.24, 2.45) is 5.92 Å². The lowest BCUT2D eigenvalue weighted by atomic mass is 10.0. The molecule has 8 heteroatoms. The summed E-state index contributed by atoms with van der Waals surface area (Å²) in [4.78, 5) is 23.1. The van der Waals surface area contributed by atoms with Gasteiger partial charge in [0, 0.05) is 5.56 Å². The summed E-state index contributed by atoms with van der Waals surface area (Å²) in [6.07, 6.45) is 1.44. The van der Waals surface area contributed by atoms with Crippen LogP contribution >= 0.6 is 0 Å². The number of aromatic nitrogens is 4. The summed E-state index contributed by atoms with van der Waals surface area (Å²) in [5.41, 5.74) is 1.08. The summed E-state index contributed by atoms with van der Waals surface area (Å²) in [5, 5.41) is 22.3. The third-order valence-corrected chi connectivity index (χ3v) is 2.96. The highest BCUT2D eigenvalue weighted by Gasteiger charge is 2.23. The molecule has 21 heavy (non-hydrogen) atoms. The third kappa shape index (κ3) is 3.41. The zero-order valence-electron chi connectivity index (χ0n) is 11.6. The fourth-order valence-corrected chi connectivity index (χ4v) is 1.78. The quantitative estimate of drug-likeness (QED) is 0.829. The predicted molar refractivity (Wildman–Crippen MR) is 72.9 cm³/mol. The lowest BCUT2D eigenvalue weighted by molar-refractivity contribution is -0.140. The number of hydrogen-bond donors (Lipinski definition) is 2. The van der Waals surface area contributed by atoms with E-state index in [0.717, 1.165) is 0 Å². The highest BCUT2D eigenvalue weighted by Crippen LogP contribution is 2.09. The zero-order chi connectivity index (χ0) is 15.4. The number of carbonyl (C=O) groups is 2. The average Bonchev–Trinajstić information content (AvgIpc) is 2.98. The van der Waals surface area contributed by atoms with Crippen molar-refractivity contribution in [3.63, 3.8) is 0 Å². The van der Waals surface area contributed by atoms with E-state index in [1.54, 1.807) is 38.1 Å². The van der Waals surface area contributed by atoms with Crippen LogP contribution in [0.1, 0.15) is 24.2 Å². The van der Waals surface area contributed by atoms with E-state index in [-0.39, 0.29) is 5.92 Å². The standard InChI is InChI=1S/C13H15N5O3/c1-8(2)11(13(20)21)15-12(19)9-3-5-10(6-4-9)18-7-14-16-17-18/h3-8,11H,1-2H3,(H,15,19)(H,20,21)/t11-/m0/s1. The van der Waals surface area contributed by atoms with Crippen LogP contribution in [-0.2, 0) is 4.79 Å². The fraction of sp³-hybridized carbons (Fsp3) is 0.308. The summed E-state index contributed by atoms with van der Waals surface area (Å²) in [6, 6.07) is 5.61. The second-order valence-electron chi connectivity index (χ2n) is 4.83. The van der Waals surface area contributed by atoms with Crippen LogP contribution in [0.15, 0.2) is 30.6 Å².